The maximum atomic E-state index is 8.29. The predicted octanol–water partition coefficient (Wildman–Crippen LogP) is 1.09. The Morgan fingerprint density at radius 1 is 1.78 bits per heavy atom. The SMILES string of the molecule is CC(C#N)COCCS. The maximum absolute atomic E-state index is 8.29. The van der Waals surface area contributed by atoms with E-state index in [4.69, 9.17) is 10.00 Å². The van der Waals surface area contributed by atoms with Crippen LogP contribution in [0.5, 0.6) is 0 Å². The Labute approximate surface area is 61.2 Å². The smallest absolute Gasteiger partial charge is 0.0677 e. The molecule has 0 bridgehead atoms. The van der Waals surface area contributed by atoms with E-state index in [1.54, 1.807) is 0 Å². The Kier molecular flexibility index (Phi) is 5.80. The lowest BCUT2D eigenvalue weighted by atomic mass is 10.2. The third kappa shape index (κ3) is 5.67. The lowest BCUT2D eigenvalue weighted by molar-refractivity contribution is 0.133. The molecule has 0 N–H and O–H groups in total. The van der Waals surface area contributed by atoms with Crippen molar-refractivity contribution in [1.29, 1.82) is 5.26 Å². The zero-order chi connectivity index (χ0) is 7.11. The van der Waals surface area contributed by atoms with Crippen molar-refractivity contribution < 1.29 is 4.74 Å². The van der Waals surface area contributed by atoms with Crippen molar-refractivity contribution in [3.8, 4) is 6.07 Å². The molecule has 3 heteroatoms. The quantitative estimate of drug-likeness (QED) is 0.474. The third-order valence-corrected chi connectivity index (χ3v) is 1.01. The van der Waals surface area contributed by atoms with Crippen LogP contribution in [0.2, 0.25) is 0 Å². The van der Waals surface area contributed by atoms with Gasteiger partial charge >= 0.3 is 0 Å². The minimum absolute atomic E-state index is 0.00452. The summed E-state index contributed by atoms with van der Waals surface area (Å²) in [5.41, 5.74) is 0. The largest absolute Gasteiger partial charge is 0.379 e. The van der Waals surface area contributed by atoms with Gasteiger partial charge in [0, 0.05) is 5.75 Å². The number of nitriles is 1. The Bertz CT molecular complexity index is 99.7. The molecule has 0 saturated carbocycles. The average molecular weight is 145 g/mol. The molecule has 0 aromatic carbocycles. The molecule has 0 amide bonds. The van der Waals surface area contributed by atoms with Crippen LogP contribution in [-0.4, -0.2) is 19.0 Å². The second kappa shape index (κ2) is 5.93. The first kappa shape index (κ1) is 8.80. The number of hydrogen-bond donors (Lipinski definition) is 1. The van der Waals surface area contributed by atoms with Crippen molar-refractivity contribution >= 4 is 12.6 Å². The van der Waals surface area contributed by atoms with Crippen LogP contribution in [0.3, 0.4) is 0 Å². The first-order valence-electron chi connectivity index (χ1n) is 2.89. The van der Waals surface area contributed by atoms with Crippen molar-refractivity contribution in [1.82, 2.24) is 0 Å². The Hall–Kier alpha value is -0.200. The summed E-state index contributed by atoms with van der Waals surface area (Å²) >= 11 is 3.94. The van der Waals surface area contributed by atoms with Crippen molar-refractivity contribution in [3.63, 3.8) is 0 Å². The minimum Gasteiger partial charge on any atom is -0.379 e. The topological polar surface area (TPSA) is 33.0 Å². The summed E-state index contributed by atoms with van der Waals surface area (Å²) in [7, 11) is 0. The monoisotopic (exact) mass is 145 g/mol. The highest BCUT2D eigenvalue weighted by molar-refractivity contribution is 7.80. The molecule has 0 fully saturated rings. The van der Waals surface area contributed by atoms with Gasteiger partial charge in [-0.25, -0.2) is 0 Å². The highest BCUT2D eigenvalue weighted by Crippen LogP contribution is 1.91. The molecule has 2 nitrogen and oxygen atoms in total. The molecule has 0 aliphatic rings. The molecule has 1 unspecified atom stereocenters. The van der Waals surface area contributed by atoms with Gasteiger partial charge in [0.2, 0.25) is 0 Å². The average Bonchev–Trinajstić information content (AvgIpc) is 1.89. The summed E-state index contributed by atoms with van der Waals surface area (Å²) in [5.74, 6) is 0.725. The molecule has 0 aliphatic carbocycles. The lowest BCUT2D eigenvalue weighted by Crippen LogP contribution is -2.04. The van der Waals surface area contributed by atoms with Crippen LogP contribution >= 0.6 is 12.6 Å². The van der Waals surface area contributed by atoms with Crippen molar-refractivity contribution in [2.45, 2.75) is 6.92 Å². The van der Waals surface area contributed by atoms with Crippen LogP contribution in [-0.2, 0) is 4.74 Å². The molecule has 1 atom stereocenters. The van der Waals surface area contributed by atoms with E-state index in [0.29, 0.717) is 13.2 Å². The van der Waals surface area contributed by atoms with Gasteiger partial charge in [-0.15, -0.1) is 0 Å². The molecule has 0 aromatic heterocycles. The standard InChI is InChI=1S/C6H11NOS/c1-6(4-7)5-8-2-3-9/h6,9H,2-3,5H2,1H3. The van der Waals surface area contributed by atoms with Crippen LogP contribution < -0.4 is 0 Å². The summed E-state index contributed by atoms with van der Waals surface area (Å²) in [6.07, 6.45) is 0. The van der Waals surface area contributed by atoms with E-state index >= 15 is 0 Å². The number of nitrogens with zero attached hydrogens (tertiary/aromatic N) is 1. The Balaban J connectivity index is 2.99. The first-order chi connectivity index (χ1) is 4.31. The van der Waals surface area contributed by atoms with E-state index in [2.05, 4.69) is 18.7 Å². The normalized spacial score (nSPS) is 12.6. The zero-order valence-corrected chi connectivity index (χ0v) is 6.40. The fourth-order valence-electron chi connectivity index (χ4n) is 0.362. The van der Waals surface area contributed by atoms with Gasteiger partial charge in [0.15, 0.2) is 0 Å². The van der Waals surface area contributed by atoms with E-state index in [-0.39, 0.29) is 5.92 Å². The number of thiol groups is 1. The highest BCUT2D eigenvalue weighted by Gasteiger charge is 1.96. The lowest BCUT2D eigenvalue weighted by Gasteiger charge is -2.01. The third-order valence-electron chi connectivity index (χ3n) is 0.824. The minimum atomic E-state index is 0.00452. The first-order valence-corrected chi connectivity index (χ1v) is 3.52. The van der Waals surface area contributed by atoms with E-state index in [1.165, 1.54) is 0 Å². The second-order valence-corrected chi connectivity index (χ2v) is 2.28. The predicted molar refractivity (Wildman–Crippen MR) is 39.4 cm³/mol. The van der Waals surface area contributed by atoms with E-state index in [9.17, 15) is 0 Å². The molecule has 0 spiro atoms. The Morgan fingerprint density at radius 3 is 2.89 bits per heavy atom. The van der Waals surface area contributed by atoms with Gasteiger partial charge in [0.05, 0.1) is 25.2 Å². The number of hydrogen-bond acceptors (Lipinski definition) is 3. The molecule has 0 aliphatic heterocycles. The molecule has 0 radical (unpaired) electrons. The Morgan fingerprint density at radius 2 is 2.44 bits per heavy atom. The van der Waals surface area contributed by atoms with Gasteiger partial charge in [0.25, 0.3) is 0 Å². The summed E-state index contributed by atoms with van der Waals surface area (Å²) in [6.45, 7) is 2.99. The van der Waals surface area contributed by atoms with Crippen LogP contribution in [0, 0.1) is 17.2 Å². The van der Waals surface area contributed by atoms with Crippen molar-refractivity contribution in [3.05, 3.63) is 0 Å². The summed E-state index contributed by atoms with van der Waals surface area (Å²) in [5, 5.41) is 8.29. The number of ether oxygens (including phenoxy) is 1. The van der Waals surface area contributed by atoms with Gasteiger partial charge in [-0.1, -0.05) is 0 Å². The van der Waals surface area contributed by atoms with Gasteiger partial charge < -0.3 is 4.74 Å². The van der Waals surface area contributed by atoms with E-state index in [0.717, 1.165) is 5.75 Å². The molecule has 52 valence electrons. The van der Waals surface area contributed by atoms with Gasteiger partial charge in [-0.05, 0) is 6.92 Å². The summed E-state index contributed by atoms with van der Waals surface area (Å²) in [6, 6.07) is 2.07. The molecule has 0 heterocycles. The summed E-state index contributed by atoms with van der Waals surface area (Å²) < 4.78 is 5.04. The molecule has 0 rings (SSSR count). The van der Waals surface area contributed by atoms with Crippen LogP contribution in [0.1, 0.15) is 6.92 Å². The van der Waals surface area contributed by atoms with Crippen LogP contribution in [0.4, 0.5) is 0 Å². The summed E-state index contributed by atoms with van der Waals surface area (Å²) in [4.78, 5) is 0. The highest BCUT2D eigenvalue weighted by atomic mass is 32.1. The van der Waals surface area contributed by atoms with Gasteiger partial charge in [0.1, 0.15) is 0 Å². The molecule has 9 heavy (non-hydrogen) atoms. The molecular weight excluding hydrogens is 134 g/mol. The van der Waals surface area contributed by atoms with Gasteiger partial charge in [-0.3, -0.25) is 0 Å². The van der Waals surface area contributed by atoms with Crippen molar-refractivity contribution in [2.24, 2.45) is 5.92 Å². The van der Waals surface area contributed by atoms with E-state index < -0.39 is 0 Å². The van der Waals surface area contributed by atoms with Crippen LogP contribution in [0.25, 0.3) is 0 Å². The molecule has 0 saturated heterocycles. The van der Waals surface area contributed by atoms with E-state index in [1.807, 2.05) is 6.92 Å². The fraction of sp³-hybridized carbons (Fsp3) is 0.833. The van der Waals surface area contributed by atoms with Crippen molar-refractivity contribution in [2.75, 3.05) is 19.0 Å². The maximum Gasteiger partial charge on any atom is 0.0677 e. The second-order valence-electron chi connectivity index (χ2n) is 1.83. The zero-order valence-electron chi connectivity index (χ0n) is 5.50. The van der Waals surface area contributed by atoms with Crippen LogP contribution in [0.15, 0.2) is 0 Å². The van der Waals surface area contributed by atoms with Gasteiger partial charge in [-0.2, -0.15) is 17.9 Å². The number of rotatable bonds is 4. The molecular formula is C6H11NOS. The fourth-order valence-corrected chi connectivity index (χ4v) is 0.491. The molecule has 0 aromatic rings.